The molecule has 0 bridgehead atoms. The van der Waals surface area contributed by atoms with Crippen LogP contribution in [0.2, 0.25) is 0 Å². The predicted molar refractivity (Wildman–Crippen MR) is 94.5 cm³/mol. The molecular weight excluding hydrogens is 324 g/mol. The zero-order valence-corrected chi connectivity index (χ0v) is 14.5. The smallest absolute Gasteiger partial charge is 0.274 e. The molecule has 1 amide bonds. The number of anilines is 2. The highest BCUT2D eigenvalue weighted by molar-refractivity contribution is 6.03. The normalized spacial score (nSPS) is 10.2. The Hall–Kier alpha value is -2.87. The number of benzene rings is 1. The summed E-state index contributed by atoms with van der Waals surface area (Å²) in [5.41, 5.74) is 0.745. The van der Waals surface area contributed by atoms with Gasteiger partial charge < -0.3 is 24.8 Å². The van der Waals surface area contributed by atoms with Crippen molar-refractivity contribution >= 4 is 17.5 Å². The Balaban J connectivity index is 2.08. The second-order valence-corrected chi connectivity index (χ2v) is 5.06. The van der Waals surface area contributed by atoms with Gasteiger partial charge in [0.05, 0.1) is 19.9 Å². The molecule has 2 N–H and O–H groups in total. The van der Waals surface area contributed by atoms with Gasteiger partial charge in [-0.2, -0.15) is 0 Å². The Bertz CT molecular complexity index is 709. The van der Waals surface area contributed by atoms with Gasteiger partial charge in [0.2, 0.25) is 5.95 Å². The van der Waals surface area contributed by atoms with Crippen molar-refractivity contribution in [3.63, 3.8) is 0 Å². The van der Waals surface area contributed by atoms with Gasteiger partial charge in [0.15, 0.2) is 0 Å². The van der Waals surface area contributed by atoms with Crippen LogP contribution in [0.3, 0.4) is 0 Å². The summed E-state index contributed by atoms with van der Waals surface area (Å²) in [7, 11) is 4.73. The number of amides is 1. The van der Waals surface area contributed by atoms with Crippen LogP contribution >= 0.6 is 0 Å². The van der Waals surface area contributed by atoms with Gasteiger partial charge in [0.25, 0.3) is 5.91 Å². The van der Waals surface area contributed by atoms with Crippen LogP contribution in [0.15, 0.2) is 30.5 Å². The Labute approximate surface area is 146 Å². The van der Waals surface area contributed by atoms with Gasteiger partial charge in [0.1, 0.15) is 17.2 Å². The summed E-state index contributed by atoms with van der Waals surface area (Å²) in [5, 5.41) is 5.83. The minimum atomic E-state index is -0.367. The maximum atomic E-state index is 12.5. The molecule has 0 unspecified atom stereocenters. The summed E-state index contributed by atoms with van der Waals surface area (Å²) in [5.74, 6) is 1.16. The molecule has 1 aromatic carbocycles. The lowest BCUT2D eigenvalue weighted by molar-refractivity contribution is 0.102. The summed E-state index contributed by atoms with van der Waals surface area (Å²) >= 11 is 0. The van der Waals surface area contributed by atoms with E-state index in [9.17, 15) is 4.79 Å². The van der Waals surface area contributed by atoms with Crippen LogP contribution in [0.1, 0.15) is 16.9 Å². The SMILES string of the molecule is COCCCNc1nccc(C(=O)Nc2cc(OC)ccc2OC)n1. The number of aromatic nitrogens is 2. The monoisotopic (exact) mass is 346 g/mol. The second kappa shape index (κ2) is 9.43. The van der Waals surface area contributed by atoms with Crippen molar-refractivity contribution in [2.24, 2.45) is 0 Å². The molecule has 8 nitrogen and oxygen atoms in total. The number of ether oxygens (including phenoxy) is 3. The molecule has 2 rings (SSSR count). The molecule has 0 spiro atoms. The van der Waals surface area contributed by atoms with E-state index in [-0.39, 0.29) is 11.6 Å². The summed E-state index contributed by atoms with van der Waals surface area (Å²) < 4.78 is 15.4. The summed E-state index contributed by atoms with van der Waals surface area (Å²) in [6, 6.07) is 6.70. The highest BCUT2D eigenvalue weighted by atomic mass is 16.5. The van der Waals surface area contributed by atoms with Crippen molar-refractivity contribution in [3.05, 3.63) is 36.2 Å². The summed E-state index contributed by atoms with van der Waals surface area (Å²) in [6.07, 6.45) is 2.35. The van der Waals surface area contributed by atoms with E-state index in [4.69, 9.17) is 14.2 Å². The van der Waals surface area contributed by atoms with Crippen LogP contribution in [0.25, 0.3) is 0 Å². The third-order valence-corrected chi connectivity index (χ3v) is 3.35. The first-order valence-corrected chi connectivity index (χ1v) is 7.77. The first kappa shape index (κ1) is 18.5. The van der Waals surface area contributed by atoms with Crippen LogP contribution in [-0.4, -0.2) is 50.4 Å². The van der Waals surface area contributed by atoms with Crippen LogP contribution in [0.5, 0.6) is 11.5 Å². The fourth-order valence-electron chi connectivity index (χ4n) is 2.09. The van der Waals surface area contributed by atoms with Crippen LogP contribution in [0.4, 0.5) is 11.6 Å². The van der Waals surface area contributed by atoms with Gasteiger partial charge in [-0.25, -0.2) is 9.97 Å². The number of hydrogen-bond donors (Lipinski definition) is 2. The molecule has 0 saturated carbocycles. The Morgan fingerprint density at radius 2 is 2.00 bits per heavy atom. The predicted octanol–water partition coefficient (Wildman–Crippen LogP) is 2.19. The van der Waals surface area contributed by atoms with E-state index in [1.807, 2.05) is 0 Å². The molecule has 0 atom stereocenters. The Kier molecular flexibility index (Phi) is 6.97. The zero-order valence-electron chi connectivity index (χ0n) is 14.5. The zero-order chi connectivity index (χ0) is 18.1. The minimum absolute atomic E-state index is 0.245. The van der Waals surface area contributed by atoms with E-state index in [1.54, 1.807) is 38.5 Å². The fourth-order valence-corrected chi connectivity index (χ4v) is 2.09. The highest BCUT2D eigenvalue weighted by Crippen LogP contribution is 2.29. The third-order valence-electron chi connectivity index (χ3n) is 3.35. The van der Waals surface area contributed by atoms with Crippen molar-refractivity contribution in [2.45, 2.75) is 6.42 Å². The molecule has 134 valence electrons. The van der Waals surface area contributed by atoms with E-state index in [2.05, 4.69) is 20.6 Å². The van der Waals surface area contributed by atoms with E-state index in [0.29, 0.717) is 36.3 Å². The first-order chi connectivity index (χ1) is 12.2. The second-order valence-electron chi connectivity index (χ2n) is 5.06. The van der Waals surface area contributed by atoms with Gasteiger partial charge in [-0.1, -0.05) is 0 Å². The van der Waals surface area contributed by atoms with Gasteiger partial charge in [0, 0.05) is 32.5 Å². The average molecular weight is 346 g/mol. The fraction of sp³-hybridized carbons (Fsp3) is 0.353. The maximum absolute atomic E-state index is 12.5. The standard InChI is InChI=1S/C17H22N4O4/c1-23-10-4-8-18-17-19-9-7-13(21-17)16(22)20-14-11-12(24-2)5-6-15(14)25-3/h5-7,9,11H,4,8,10H2,1-3H3,(H,20,22)(H,18,19,21). The van der Waals surface area contributed by atoms with Crippen LogP contribution in [0, 0.1) is 0 Å². The molecule has 0 saturated heterocycles. The van der Waals surface area contributed by atoms with Crippen molar-refractivity contribution in [2.75, 3.05) is 45.1 Å². The van der Waals surface area contributed by atoms with E-state index in [1.165, 1.54) is 13.3 Å². The quantitative estimate of drug-likeness (QED) is 0.672. The number of carbonyl (C=O) groups is 1. The molecule has 0 aliphatic rings. The topological polar surface area (TPSA) is 94.6 Å². The molecule has 0 fully saturated rings. The third kappa shape index (κ3) is 5.32. The lowest BCUT2D eigenvalue weighted by Crippen LogP contribution is -2.16. The van der Waals surface area contributed by atoms with Gasteiger partial charge in [-0.05, 0) is 24.6 Å². The average Bonchev–Trinajstić information content (AvgIpc) is 2.65. The molecule has 0 radical (unpaired) electrons. The first-order valence-electron chi connectivity index (χ1n) is 7.77. The molecule has 8 heteroatoms. The van der Waals surface area contributed by atoms with Gasteiger partial charge in [-0.3, -0.25) is 4.79 Å². The number of carbonyl (C=O) groups excluding carboxylic acids is 1. The minimum Gasteiger partial charge on any atom is -0.497 e. The molecule has 0 aliphatic carbocycles. The van der Waals surface area contributed by atoms with Gasteiger partial charge >= 0.3 is 0 Å². The Morgan fingerprint density at radius 3 is 2.72 bits per heavy atom. The summed E-state index contributed by atoms with van der Waals surface area (Å²) in [4.78, 5) is 20.8. The molecule has 1 aromatic heterocycles. The Morgan fingerprint density at radius 1 is 1.16 bits per heavy atom. The molecule has 1 heterocycles. The van der Waals surface area contributed by atoms with Crippen molar-refractivity contribution in [1.29, 1.82) is 0 Å². The number of hydrogen-bond acceptors (Lipinski definition) is 7. The van der Waals surface area contributed by atoms with Gasteiger partial charge in [-0.15, -0.1) is 0 Å². The van der Waals surface area contributed by atoms with Crippen molar-refractivity contribution in [1.82, 2.24) is 9.97 Å². The lowest BCUT2D eigenvalue weighted by atomic mass is 10.2. The van der Waals surface area contributed by atoms with Crippen LogP contribution in [-0.2, 0) is 4.74 Å². The van der Waals surface area contributed by atoms with Crippen LogP contribution < -0.4 is 20.1 Å². The molecule has 0 aliphatic heterocycles. The summed E-state index contributed by atoms with van der Waals surface area (Å²) in [6.45, 7) is 1.30. The lowest BCUT2D eigenvalue weighted by Gasteiger charge is -2.12. The largest absolute Gasteiger partial charge is 0.497 e. The van der Waals surface area contributed by atoms with Crippen molar-refractivity contribution < 1.29 is 19.0 Å². The number of methoxy groups -OCH3 is 3. The maximum Gasteiger partial charge on any atom is 0.274 e. The van der Waals surface area contributed by atoms with E-state index < -0.39 is 0 Å². The molecule has 25 heavy (non-hydrogen) atoms. The van der Waals surface area contributed by atoms with Crippen molar-refractivity contribution in [3.8, 4) is 11.5 Å². The number of nitrogens with one attached hydrogen (secondary N) is 2. The number of nitrogens with zero attached hydrogens (tertiary/aromatic N) is 2. The molecular formula is C17H22N4O4. The highest BCUT2D eigenvalue weighted by Gasteiger charge is 2.13. The number of rotatable bonds is 9. The molecule has 2 aromatic rings. The van der Waals surface area contributed by atoms with E-state index >= 15 is 0 Å². The van der Waals surface area contributed by atoms with E-state index in [0.717, 1.165) is 6.42 Å².